The Kier molecular flexibility index (Phi) is 4.86. The molecule has 1 aromatic heterocycles. The van der Waals surface area contributed by atoms with Gasteiger partial charge in [-0.25, -0.2) is 4.98 Å². The first-order valence-electron chi connectivity index (χ1n) is 9.16. The van der Waals surface area contributed by atoms with E-state index >= 15 is 0 Å². The summed E-state index contributed by atoms with van der Waals surface area (Å²) in [6, 6.07) is 16.0. The average molecular weight is 349 g/mol. The maximum absolute atomic E-state index is 13.0. The number of fused-ring (bicyclic) bond motifs is 1. The van der Waals surface area contributed by atoms with Crippen molar-refractivity contribution in [3.63, 3.8) is 0 Å². The fourth-order valence-electron chi connectivity index (χ4n) is 3.20. The molecule has 0 saturated carbocycles. The molecule has 2 aromatic carbocycles. The number of aryl methyl sites for hydroxylation is 1. The zero-order chi connectivity index (χ0) is 18.9. The van der Waals surface area contributed by atoms with Crippen molar-refractivity contribution >= 4 is 16.9 Å². The number of hydrogen-bond acceptors (Lipinski definition) is 2. The molecule has 4 heteroatoms. The van der Waals surface area contributed by atoms with E-state index in [1.165, 1.54) is 5.56 Å². The van der Waals surface area contributed by atoms with Crippen LogP contribution in [0.1, 0.15) is 45.7 Å². The summed E-state index contributed by atoms with van der Waals surface area (Å²) >= 11 is 0. The Morgan fingerprint density at radius 1 is 1.12 bits per heavy atom. The van der Waals surface area contributed by atoms with Gasteiger partial charge in [-0.2, -0.15) is 0 Å². The van der Waals surface area contributed by atoms with Crippen LogP contribution in [0, 0.1) is 6.92 Å². The van der Waals surface area contributed by atoms with Gasteiger partial charge >= 0.3 is 0 Å². The number of amides is 1. The molecular formula is C22H27N3O. The highest BCUT2D eigenvalue weighted by molar-refractivity contribution is 5.87. The van der Waals surface area contributed by atoms with Crippen molar-refractivity contribution in [3.05, 3.63) is 54.1 Å². The lowest BCUT2D eigenvalue weighted by Gasteiger charge is -2.26. The highest BCUT2D eigenvalue weighted by Gasteiger charge is 2.27. The van der Waals surface area contributed by atoms with Gasteiger partial charge in [0.15, 0.2) is 0 Å². The molecule has 0 aliphatic carbocycles. The van der Waals surface area contributed by atoms with Crippen molar-refractivity contribution in [1.29, 1.82) is 0 Å². The number of rotatable bonds is 4. The Bertz CT molecular complexity index is 917. The number of para-hydroxylation sites is 2. The van der Waals surface area contributed by atoms with E-state index in [9.17, 15) is 4.79 Å². The third kappa shape index (κ3) is 3.64. The van der Waals surface area contributed by atoms with Crippen molar-refractivity contribution in [2.24, 2.45) is 0 Å². The fraction of sp³-hybridized carbons (Fsp3) is 0.364. The number of nitrogens with zero attached hydrogens (tertiary/aromatic N) is 2. The summed E-state index contributed by atoms with van der Waals surface area (Å²) < 4.78 is 2.08. The standard InChI is InChI=1S/C22H27N3O/c1-6-18(21(26)24-22(3,4)5)25-19-10-8-7-9-17(19)23-20(25)16-13-11-15(2)12-14-16/h7-14,18H,6H2,1-5H3,(H,24,26). The van der Waals surface area contributed by atoms with Crippen molar-refractivity contribution in [2.75, 3.05) is 0 Å². The van der Waals surface area contributed by atoms with E-state index in [2.05, 4.69) is 41.1 Å². The molecule has 4 nitrogen and oxygen atoms in total. The fourth-order valence-corrected chi connectivity index (χ4v) is 3.20. The van der Waals surface area contributed by atoms with Gasteiger partial charge < -0.3 is 9.88 Å². The Labute approximate surface area is 155 Å². The summed E-state index contributed by atoms with van der Waals surface area (Å²) in [6.07, 6.45) is 0.696. The molecule has 3 rings (SSSR count). The van der Waals surface area contributed by atoms with Gasteiger partial charge in [0.25, 0.3) is 0 Å². The largest absolute Gasteiger partial charge is 0.350 e. The summed E-state index contributed by atoms with van der Waals surface area (Å²) in [4.78, 5) is 17.9. The first-order valence-corrected chi connectivity index (χ1v) is 9.16. The summed E-state index contributed by atoms with van der Waals surface area (Å²) in [6.45, 7) is 10.1. The quantitative estimate of drug-likeness (QED) is 0.730. The van der Waals surface area contributed by atoms with Gasteiger partial charge in [0.2, 0.25) is 5.91 Å². The lowest BCUT2D eigenvalue weighted by molar-refractivity contribution is -0.125. The molecule has 1 atom stereocenters. The predicted molar refractivity (Wildman–Crippen MR) is 107 cm³/mol. The van der Waals surface area contributed by atoms with E-state index in [0.29, 0.717) is 6.42 Å². The SMILES string of the molecule is CCC(C(=O)NC(C)(C)C)n1c(-c2ccc(C)cc2)nc2ccccc21. The minimum atomic E-state index is -0.307. The maximum atomic E-state index is 13.0. The van der Waals surface area contributed by atoms with Crippen molar-refractivity contribution < 1.29 is 4.79 Å². The number of aromatic nitrogens is 2. The van der Waals surface area contributed by atoms with Crippen LogP contribution in [0.25, 0.3) is 22.4 Å². The second kappa shape index (κ2) is 6.94. The maximum Gasteiger partial charge on any atom is 0.243 e. The third-order valence-corrected chi connectivity index (χ3v) is 4.40. The van der Waals surface area contributed by atoms with Gasteiger partial charge in [0.1, 0.15) is 11.9 Å². The molecule has 0 fully saturated rings. The summed E-state index contributed by atoms with van der Waals surface area (Å²) in [5, 5.41) is 3.12. The van der Waals surface area contributed by atoms with Crippen LogP contribution in [-0.4, -0.2) is 21.0 Å². The molecule has 26 heavy (non-hydrogen) atoms. The van der Waals surface area contributed by atoms with Crippen LogP contribution in [0.2, 0.25) is 0 Å². The van der Waals surface area contributed by atoms with Crippen LogP contribution in [-0.2, 0) is 4.79 Å². The Morgan fingerprint density at radius 2 is 1.77 bits per heavy atom. The van der Waals surface area contributed by atoms with E-state index in [-0.39, 0.29) is 17.5 Å². The van der Waals surface area contributed by atoms with Gasteiger partial charge in [-0.1, -0.05) is 48.9 Å². The Morgan fingerprint density at radius 3 is 2.38 bits per heavy atom. The molecule has 0 aliphatic heterocycles. The number of carbonyl (C=O) groups is 1. The second-order valence-electron chi connectivity index (χ2n) is 7.82. The number of nitrogens with one attached hydrogen (secondary N) is 1. The monoisotopic (exact) mass is 349 g/mol. The molecular weight excluding hydrogens is 322 g/mol. The molecule has 0 saturated heterocycles. The van der Waals surface area contributed by atoms with Crippen LogP contribution in [0.5, 0.6) is 0 Å². The molecule has 1 N–H and O–H groups in total. The molecule has 1 amide bonds. The van der Waals surface area contributed by atoms with E-state index in [4.69, 9.17) is 4.98 Å². The Balaban J connectivity index is 2.17. The molecule has 0 spiro atoms. The van der Waals surface area contributed by atoms with Crippen molar-refractivity contribution in [2.45, 2.75) is 52.6 Å². The van der Waals surface area contributed by atoms with Crippen molar-refractivity contribution in [1.82, 2.24) is 14.9 Å². The topological polar surface area (TPSA) is 46.9 Å². The van der Waals surface area contributed by atoms with Gasteiger partial charge in [0.05, 0.1) is 11.0 Å². The van der Waals surface area contributed by atoms with Crippen LogP contribution in [0.3, 0.4) is 0 Å². The molecule has 3 aromatic rings. The summed E-state index contributed by atoms with van der Waals surface area (Å²) in [5.74, 6) is 0.860. The number of carbonyl (C=O) groups excluding carboxylic acids is 1. The molecule has 1 heterocycles. The van der Waals surface area contributed by atoms with E-state index in [1.807, 2.05) is 52.0 Å². The molecule has 0 radical (unpaired) electrons. The normalized spacial score (nSPS) is 13.0. The first-order chi connectivity index (χ1) is 12.3. The first kappa shape index (κ1) is 18.2. The van der Waals surface area contributed by atoms with Gasteiger partial charge in [-0.3, -0.25) is 4.79 Å². The predicted octanol–water partition coefficient (Wildman–Crippen LogP) is 4.88. The highest BCUT2D eigenvalue weighted by Crippen LogP contribution is 2.30. The summed E-state index contributed by atoms with van der Waals surface area (Å²) in [5.41, 5.74) is 3.84. The Hall–Kier alpha value is -2.62. The lowest BCUT2D eigenvalue weighted by Crippen LogP contribution is -2.44. The van der Waals surface area contributed by atoms with Crippen LogP contribution >= 0.6 is 0 Å². The minimum Gasteiger partial charge on any atom is -0.350 e. The average Bonchev–Trinajstić information content (AvgIpc) is 2.94. The van der Waals surface area contributed by atoms with E-state index in [0.717, 1.165) is 22.4 Å². The van der Waals surface area contributed by atoms with Gasteiger partial charge in [0, 0.05) is 11.1 Å². The van der Waals surface area contributed by atoms with Gasteiger partial charge in [-0.15, -0.1) is 0 Å². The van der Waals surface area contributed by atoms with E-state index in [1.54, 1.807) is 0 Å². The van der Waals surface area contributed by atoms with Crippen molar-refractivity contribution in [3.8, 4) is 11.4 Å². The van der Waals surface area contributed by atoms with Crippen LogP contribution < -0.4 is 5.32 Å². The molecule has 1 unspecified atom stereocenters. The molecule has 0 bridgehead atoms. The number of benzene rings is 2. The number of hydrogen-bond donors (Lipinski definition) is 1. The van der Waals surface area contributed by atoms with Gasteiger partial charge in [-0.05, 0) is 46.2 Å². The lowest BCUT2D eigenvalue weighted by atomic mass is 10.1. The molecule has 136 valence electrons. The van der Waals surface area contributed by atoms with Crippen LogP contribution in [0.4, 0.5) is 0 Å². The smallest absolute Gasteiger partial charge is 0.243 e. The van der Waals surface area contributed by atoms with Crippen LogP contribution in [0.15, 0.2) is 48.5 Å². The minimum absolute atomic E-state index is 0.0246. The zero-order valence-electron chi connectivity index (χ0n) is 16.2. The second-order valence-corrected chi connectivity index (χ2v) is 7.82. The summed E-state index contributed by atoms with van der Waals surface area (Å²) in [7, 11) is 0. The highest BCUT2D eigenvalue weighted by atomic mass is 16.2. The zero-order valence-corrected chi connectivity index (χ0v) is 16.2. The molecule has 0 aliphatic rings. The van der Waals surface area contributed by atoms with E-state index < -0.39 is 0 Å². The third-order valence-electron chi connectivity index (χ3n) is 4.40. The number of imidazole rings is 1.